The molecule has 0 amide bonds. The molecule has 0 N–H and O–H groups in total. The molecular weight excluding hydrogens is 416 g/mol. The Bertz CT molecular complexity index is 1910. The van der Waals surface area contributed by atoms with Crippen LogP contribution in [0.1, 0.15) is 20.8 Å². The highest BCUT2D eigenvalue weighted by Crippen LogP contribution is 2.42. The Morgan fingerprint density at radius 3 is 2.41 bits per heavy atom. The molecule has 0 spiro atoms. The summed E-state index contributed by atoms with van der Waals surface area (Å²) < 4.78 is 32.3. The maximum absolute atomic E-state index is 10.00. The summed E-state index contributed by atoms with van der Waals surface area (Å²) in [7, 11) is 1.90. The molecule has 0 bridgehead atoms. The molecule has 0 saturated carbocycles. The fraction of sp³-hybridized carbons (Fsp3) is 0.0968. The number of nitrogens with zero attached hydrogens (tertiary/aromatic N) is 2. The first-order chi connectivity index (χ1) is 17.8. The summed E-state index contributed by atoms with van der Waals surface area (Å²) in [5.74, 6) is 0. The van der Waals surface area contributed by atoms with Gasteiger partial charge in [-0.25, -0.2) is 4.57 Å². The minimum absolute atomic E-state index is 0.275. The zero-order valence-corrected chi connectivity index (χ0v) is 18.9. The molecule has 0 unspecified atom stereocenters. The first-order valence-corrected chi connectivity index (χ1v) is 11.1. The van der Waals surface area contributed by atoms with Crippen molar-refractivity contribution in [3.05, 3.63) is 102 Å². The van der Waals surface area contributed by atoms with E-state index in [2.05, 4.69) is 30.3 Å². The number of hydrogen-bond acceptors (Lipinski definition) is 2. The van der Waals surface area contributed by atoms with Gasteiger partial charge in [0.2, 0.25) is 5.69 Å². The molecule has 4 aromatic carbocycles. The predicted octanol–water partition coefficient (Wildman–Crippen LogP) is 7.39. The van der Waals surface area contributed by atoms with Crippen LogP contribution >= 0.6 is 0 Å². The molecule has 34 heavy (non-hydrogen) atoms. The summed E-state index contributed by atoms with van der Waals surface area (Å²) in [5.41, 5.74) is 6.36. The highest BCUT2D eigenvalue weighted by atomic mass is 16.3. The van der Waals surface area contributed by atoms with Gasteiger partial charge >= 0.3 is 0 Å². The van der Waals surface area contributed by atoms with E-state index in [1.165, 1.54) is 0 Å². The molecule has 3 heteroatoms. The molecule has 6 aromatic rings. The SMILES string of the molecule is [2H]C([2H])([2H])c1cc[n+](C)c(-c2c(C)ccc3c2oc2c(-c4ccc5ccccc5c4)c(C#N)ccc23)c1. The maximum atomic E-state index is 10.00. The predicted molar refractivity (Wildman–Crippen MR) is 137 cm³/mol. The molecule has 0 atom stereocenters. The number of aryl methyl sites for hydroxylation is 3. The third kappa shape index (κ3) is 3.00. The monoisotopic (exact) mass is 442 g/mol. The number of rotatable bonds is 2. The van der Waals surface area contributed by atoms with Gasteiger partial charge in [-0.2, -0.15) is 5.26 Å². The van der Waals surface area contributed by atoms with Gasteiger partial charge < -0.3 is 4.42 Å². The van der Waals surface area contributed by atoms with Gasteiger partial charge in [-0.3, -0.25) is 0 Å². The Kier molecular flexibility index (Phi) is 3.81. The van der Waals surface area contributed by atoms with Crippen LogP contribution in [0.5, 0.6) is 0 Å². The van der Waals surface area contributed by atoms with Crippen LogP contribution in [0.15, 0.2) is 89.5 Å². The summed E-state index contributed by atoms with van der Waals surface area (Å²) >= 11 is 0. The van der Waals surface area contributed by atoms with E-state index in [0.717, 1.165) is 49.5 Å². The lowest BCUT2D eigenvalue weighted by Crippen LogP contribution is -2.30. The van der Waals surface area contributed by atoms with Gasteiger partial charge in [-0.05, 0) is 59.4 Å². The topological polar surface area (TPSA) is 40.8 Å². The summed E-state index contributed by atoms with van der Waals surface area (Å²) in [6.07, 6.45) is 1.77. The summed E-state index contributed by atoms with van der Waals surface area (Å²) in [4.78, 5) is 0. The summed E-state index contributed by atoms with van der Waals surface area (Å²) in [6, 6.07) is 27.8. The van der Waals surface area contributed by atoms with Crippen molar-refractivity contribution in [2.24, 2.45) is 7.05 Å². The van der Waals surface area contributed by atoms with Gasteiger partial charge in [-0.15, -0.1) is 0 Å². The van der Waals surface area contributed by atoms with Gasteiger partial charge in [0.1, 0.15) is 18.2 Å². The van der Waals surface area contributed by atoms with E-state index in [0.29, 0.717) is 16.7 Å². The van der Waals surface area contributed by atoms with Crippen molar-refractivity contribution in [1.29, 1.82) is 5.26 Å². The lowest BCUT2D eigenvalue weighted by Gasteiger charge is -2.07. The number of benzene rings is 4. The highest BCUT2D eigenvalue weighted by molar-refractivity contribution is 6.14. The maximum Gasteiger partial charge on any atom is 0.216 e. The quantitative estimate of drug-likeness (QED) is 0.262. The third-order valence-electron chi connectivity index (χ3n) is 6.58. The molecule has 0 aliphatic rings. The molecule has 3 nitrogen and oxygen atoms in total. The zero-order valence-electron chi connectivity index (χ0n) is 21.9. The van der Waals surface area contributed by atoms with Crippen molar-refractivity contribution in [1.82, 2.24) is 0 Å². The van der Waals surface area contributed by atoms with Crippen molar-refractivity contribution in [3.63, 3.8) is 0 Å². The average Bonchev–Trinajstić information content (AvgIpc) is 3.26. The van der Waals surface area contributed by atoms with Crippen LogP contribution in [-0.2, 0) is 7.05 Å². The molecule has 0 radical (unpaired) electrons. The molecule has 2 aromatic heterocycles. The van der Waals surface area contributed by atoms with Gasteiger partial charge in [0, 0.05) is 32.6 Å². The van der Waals surface area contributed by atoms with Crippen molar-refractivity contribution >= 4 is 32.7 Å². The Morgan fingerprint density at radius 2 is 1.62 bits per heavy atom. The second kappa shape index (κ2) is 7.57. The standard InChI is InChI=1S/C31H23N2O/c1-19-14-15-33(3)27(16-19)28-20(2)8-12-25-26-13-11-24(18-32)29(31(26)34-30(25)28)23-10-9-21-6-4-5-7-22(21)17-23/h4-17H,1-3H3/q+1/i1D3. The summed E-state index contributed by atoms with van der Waals surface area (Å²) in [6.45, 7) is -0.224. The van der Waals surface area contributed by atoms with E-state index in [1.807, 2.05) is 61.0 Å². The van der Waals surface area contributed by atoms with Crippen LogP contribution in [0.3, 0.4) is 0 Å². The van der Waals surface area contributed by atoms with Crippen LogP contribution in [0, 0.1) is 25.1 Å². The van der Waals surface area contributed by atoms with E-state index >= 15 is 0 Å². The van der Waals surface area contributed by atoms with Gasteiger partial charge in [-0.1, -0.05) is 48.5 Å². The van der Waals surface area contributed by atoms with Gasteiger partial charge in [0.25, 0.3) is 0 Å². The van der Waals surface area contributed by atoms with Crippen molar-refractivity contribution in [2.75, 3.05) is 0 Å². The van der Waals surface area contributed by atoms with E-state index < -0.39 is 6.85 Å². The van der Waals surface area contributed by atoms with E-state index in [9.17, 15) is 5.26 Å². The Balaban J connectivity index is 1.69. The minimum atomic E-state index is -2.22. The van der Waals surface area contributed by atoms with Crippen LogP contribution in [0.25, 0.3) is 55.1 Å². The second-order valence-electron chi connectivity index (χ2n) is 8.69. The molecule has 0 aliphatic heterocycles. The van der Waals surface area contributed by atoms with E-state index in [4.69, 9.17) is 8.53 Å². The van der Waals surface area contributed by atoms with Crippen LogP contribution in [-0.4, -0.2) is 0 Å². The third-order valence-corrected chi connectivity index (χ3v) is 6.58. The van der Waals surface area contributed by atoms with Crippen LogP contribution in [0.4, 0.5) is 0 Å². The minimum Gasteiger partial charge on any atom is -0.454 e. The van der Waals surface area contributed by atoms with Gasteiger partial charge in [0.15, 0.2) is 6.20 Å². The van der Waals surface area contributed by atoms with Gasteiger partial charge in [0.05, 0.1) is 17.2 Å². The fourth-order valence-electron chi connectivity index (χ4n) is 4.86. The number of furan rings is 1. The van der Waals surface area contributed by atoms with E-state index in [1.54, 1.807) is 18.3 Å². The van der Waals surface area contributed by atoms with Crippen LogP contribution in [0.2, 0.25) is 0 Å². The molecule has 0 fully saturated rings. The molecule has 6 rings (SSSR count). The normalized spacial score (nSPS) is 13.0. The number of fused-ring (bicyclic) bond motifs is 4. The molecular formula is C31H23N2O+. The molecule has 0 saturated heterocycles. The Morgan fingerprint density at radius 1 is 0.853 bits per heavy atom. The van der Waals surface area contributed by atoms with Crippen molar-refractivity contribution in [2.45, 2.75) is 13.8 Å². The number of aromatic nitrogens is 1. The Hall–Kier alpha value is -4.42. The zero-order chi connectivity index (χ0) is 25.9. The van der Waals surface area contributed by atoms with Crippen LogP contribution < -0.4 is 4.57 Å². The Labute approximate surface area is 202 Å². The fourth-order valence-corrected chi connectivity index (χ4v) is 4.86. The number of nitriles is 1. The molecule has 0 aliphatic carbocycles. The highest BCUT2D eigenvalue weighted by Gasteiger charge is 2.23. The van der Waals surface area contributed by atoms with Crippen molar-refractivity contribution < 1.29 is 13.1 Å². The smallest absolute Gasteiger partial charge is 0.216 e. The lowest BCUT2D eigenvalue weighted by atomic mass is 9.94. The second-order valence-corrected chi connectivity index (χ2v) is 8.69. The lowest BCUT2D eigenvalue weighted by molar-refractivity contribution is -0.660. The molecule has 162 valence electrons. The number of pyridine rings is 1. The first-order valence-electron chi connectivity index (χ1n) is 12.6. The first kappa shape index (κ1) is 17.1. The average molecular weight is 443 g/mol. The van der Waals surface area contributed by atoms with Crippen molar-refractivity contribution in [3.8, 4) is 28.5 Å². The van der Waals surface area contributed by atoms with E-state index in [-0.39, 0.29) is 5.56 Å². The largest absolute Gasteiger partial charge is 0.454 e. The molecule has 2 heterocycles. The summed E-state index contributed by atoms with van der Waals surface area (Å²) in [5, 5.41) is 14.0. The number of hydrogen-bond donors (Lipinski definition) is 0.